The van der Waals surface area contributed by atoms with E-state index in [0.29, 0.717) is 24.6 Å². The van der Waals surface area contributed by atoms with Crippen molar-refractivity contribution < 1.29 is 9.18 Å². The van der Waals surface area contributed by atoms with Crippen molar-refractivity contribution in [3.05, 3.63) is 53.4 Å². The molecule has 1 amide bonds. The van der Waals surface area contributed by atoms with Gasteiger partial charge < -0.3 is 9.80 Å². The van der Waals surface area contributed by atoms with Crippen LogP contribution in [0.4, 0.5) is 4.39 Å². The molecule has 0 radical (unpaired) electrons. The molecule has 0 saturated carbocycles. The van der Waals surface area contributed by atoms with E-state index in [2.05, 4.69) is 21.9 Å². The molecule has 3 heterocycles. The van der Waals surface area contributed by atoms with Crippen molar-refractivity contribution in [3.8, 4) is 16.4 Å². The molecular formula is C19H20FN5OS. The van der Waals surface area contributed by atoms with Gasteiger partial charge in [-0.2, -0.15) is 0 Å². The average molecular weight is 385 g/mol. The van der Waals surface area contributed by atoms with Crippen molar-refractivity contribution in [1.29, 1.82) is 0 Å². The van der Waals surface area contributed by atoms with Gasteiger partial charge >= 0.3 is 0 Å². The predicted octanol–water partition coefficient (Wildman–Crippen LogP) is 2.91. The Morgan fingerprint density at radius 3 is 2.67 bits per heavy atom. The van der Waals surface area contributed by atoms with Crippen LogP contribution in [0.1, 0.15) is 17.5 Å². The lowest BCUT2D eigenvalue weighted by molar-refractivity contribution is 0.0631. The third-order valence-corrected chi connectivity index (χ3v) is 5.57. The minimum Gasteiger partial charge on any atom is -0.333 e. The highest BCUT2D eigenvalue weighted by Gasteiger charge is 2.26. The highest BCUT2D eigenvalue weighted by molar-refractivity contribution is 7.13. The lowest BCUT2D eigenvalue weighted by atomic mass is 10.3. The van der Waals surface area contributed by atoms with Crippen LogP contribution < -0.4 is 0 Å². The van der Waals surface area contributed by atoms with Crippen LogP contribution in [0, 0.1) is 5.82 Å². The highest BCUT2D eigenvalue weighted by Crippen LogP contribution is 2.26. The molecule has 27 heavy (non-hydrogen) atoms. The summed E-state index contributed by atoms with van der Waals surface area (Å²) in [4.78, 5) is 22.4. The normalized spacial score (nSPS) is 15.3. The Labute approximate surface area is 160 Å². The number of rotatable bonds is 4. The Kier molecular flexibility index (Phi) is 5.00. The first-order chi connectivity index (χ1) is 13.2. The summed E-state index contributed by atoms with van der Waals surface area (Å²) >= 11 is 1.50. The molecule has 1 fully saturated rings. The van der Waals surface area contributed by atoms with Crippen molar-refractivity contribution in [2.75, 3.05) is 32.7 Å². The van der Waals surface area contributed by atoms with Crippen LogP contribution in [0.5, 0.6) is 0 Å². The van der Waals surface area contributed by atoms with Crippen molar-refractivity contribution in [2.45, 2.75) is 6.92 Å². The van der Waals surface area contributed by atoms with E-state index in [1.165, 1.54) is 23.5 Å². The largest absolute Gasteiger partial charge is 0.333 e. The minimum atomic E-state index is -0.358. The topological polar surface area (TPSA) is 54.3 Å². The molecule has 1 aliphatic heterocycles. The van der Waals surface area contributed by atoms with Crippen LogP contribution in [0.2, 0.25) is 0 Å². The van der Waals surface area contributed by atoms with Gasteiger partial charge in [-0.05, 0) is 36.2 Å². The molecule has 8 heteroatoms. The van der Waals surface area contributed by atoms with E-state index in [1.54, 1.807) is 21.7 Å². The molecule has 1 aromatic carbocycles. The van der Waals surface area contributed by atoms with Gasteiger partial charge in [-0.3, -0.25) is 4.79 Å². The number of hydrogen-bond acceptors (Lipinski definition) is 5. The third kappa shape index (κ3) is 3.63. The second-order valence-electron chi connectivity index (χ2n) is 6.35. The van der Waals surface area contributed by atoms with E-state index in [1.807, 2.05) is 17.5 Å². The third-order valence-electron chi connectivity index (χ3n) is 4.70. The van der Waals surface area contributed by atoms with Crippen LogP contribution in [0.15, 0.2) is 41.8 Å². The second-order valence-corrected chi connectivity index (χ2v) is 7.30. The Bertz CT molecular complexity index is 931. The van der Waals surface area contributed by atoms with Crippen molar-refractivity contribution in [3.63, 3.8) is 0 Å². The maximum Gasteiger partial charge on any atom is 0.293 e. The number of thiophene rings is 1. The average Bonchev–Trinajstić information content (AvgIpc) is 3.37. The fraction of sp³-hybridized carbons (Fsp3) is 0.316. The van der Waals surface area contributed by atoms with Crippen molar-refractivity contribution in [2.24, 2.45) is 0 Å². The molecule has 4 rings (SSSR count). The molecule has 0 atom stereocenters. The molecule has 0 N–H and O–H groups in total. The lowest BCUT2D eigenvalue weighted by Crippen LogP contribution is -2.48. The number of piperazine rings is 1. The van der Waals surface area contributed by atoms with Gasteiger partial charge in [0.25, 0.3) is 5.91 Å². The molecule has 0 spiro atoms. The molecule has 1 saturated heterocycles. The Morgan fingerprint density at radius 1 is 1.19 bits per heavy atom. The molecule has 1 aliphatic rings. The van der Waals surface area contributed by atoms with Gasteiger partial charge in [0.05, 0.1) is 10.6 Å². The van der Waals surface area contributed by atoms with Gasteiger partial charge in [-0.25, -0.2) is 14.1 Å². The summed E-state index contributed by atoms with van der Waals surface area (Å²) in [5.74, 6) is 0.154. The number of benzene rings is 1. The van der Waals surface area contributed by atoms with Gasteiger partial charge in [0.15, 0.2) is 5.82 Å². The summed E-state index contributed by atoms with van der Waals surface area (Å²) in [6.45, 7) is 6.13. The highest BCUT2D eigenvalue weighted by atomic mass is 32.1. The van der Waals surface area contributed by atoms with Gasteiger partial charge in [-0.1, -0.05) is 19.1 Å². The van der Waals surface area contributed by atoms with E-state index >= 15 is 0 Å². The van der Waals surface area contributed by atoms with Gasteiger partial charge in [0, 0.05) is 26.2 Å². The summed E-state index contributed by atoms with van der Waals surface area (Å²) in [6.07, 6.45) is 0. The molecule has 0 bridgehead atoms. The molecule has 6 nitrogen and oxygen atoms in total. The Hall–Kier alpha value is -2.58. The zero-order valence-corrected chi connectivity index (χ0v) is 15.8. The smallest absolute Gasteiger partial charge is 0.293 e. The lowest BCUT2D eigenvalue weighted by Gasteiger charge is -2.33. The summed E-state index contributed by atoms with van der Waals surface area (Å²) in [7, 11) is 0. The molecule has 3 aromatic rings. The predicted molar refractivity (Wildman–Crippen MR) is 103 cm³/mol. The van der Waals surface area contributed by atoms with Gasteiger partial charge in [-0.15, -0.1) is 16.4 Å². The number of amides is 1. The maximum atomic E-state index is 13.7. The van der Waals surface area contributed by atoms with E-state index in [0.717, 1.165) is 24.5 Å². The second kappa shape index (κ2) is 7.58. The summed E-state index contributed by atoms with van der Waals surface area (Å²) < 4.78 is 15.3. The number of likely N-dealkylation sites (N-methyl/N-ethyl adjacent to an activating group) is 1. The first kappa shape index (κ1) is 17.8. The fourth-order valence-corrected chi connectivity index (χ4v) is 3.86. The van der Waals surface area contributed by atoms with Crippen LogP contribution in [0.25, 0.3) is 16.4 Å². The van der Waals surface area contributed by atoms with Crippen LogP contribution in [0.3, 0.4) is 0 Å². The van der Waals surface area contributed by atoms with Crippen molar-refractivity contribution >= 4 is 17.2 Å². The number of halogens is 1. The molecule has 0 unspecified atom stereocenters. The number of carbonyl (C=O) groups is 1. The minimum absolute atomic E-state index is 0.146. The standard InChI is InChI=1S/C19H20FN5OS/c1-2-23-8-10-24(11-9-23)19(26)17-21-18(16-7-4-12-27-16)25(22-17)15-6-3-5-14(20)13-15/h3-7,12-13H,2,8-11H2,1H3. The van der Waals surface area contributed by atoms with E-state index in [9.17, 15) is 9.18 Å². The van der Waals surface area contributed by atoms with Crippen LogP contribution in [-0.4, -0.2) is 63.2 Å². The number of aromatic nitrogens is 3. The quantitative estimate of drug-likeness (QED) is 0.693. The number of carbonyl (C=O) groups excluding carboxylic acids is 1. The molecule has 2 aromatic heterocycles. The number of hydrogen-bond donors (Lipinski definition) is 0. The number of nitrogens with zero attached hydrogens (tertiary/aromatic N) is 5. The monoisotopic (exact) mass is 385 g/mol. The molecule has 0 aliphatic carbocycles. The maximum absolute atomic E-state index is 13.7. The summed E-state index contributed by atoms with van der Waals surface area (Å²) in [5.41, 5.74) is 0.542. The van der Waals surface area contributed by atoms with E-state index < -0.39 is 0 Å². The fourth-order valence-electron chi connectivity index (χ4n) is 3.16. The Balaban J connectivity index is 1.68. The van der Waals surface area contributed by atoms with Gasteiger partial charge in [0.1, 0.15) is 5.82 Å². The zero-order valence-electron chi connectivity index (χ0n) is 15.0. The van der Waals surface area contributed by atoms with E-state index in [-0.39, 0.29) is 17.5 Å². The summed E-state index contributed by atoms with van der Waals surface area (Å²) in [5, 5.41) is 6.37. The summed E-state index contributed by atoms with van der Waals surface area (Å²) in [6, 6.07) is 9.97. The zero-order chi connectivity index (χ0) is 18.8. The SMILES string of the molecule is CCN1CCN(C(=O)c2nc(-c3cccs3)n(-c3cccc(F)c3)n2)CC1. The molecular weight excluding hydrogens is 365 g/mol. The van der Waals surface area contributed by atoms with Crippen LogP contribution >= 0.6 is 11.3 Å². The van der Waals surface area contributed by atoms with Crippen molar-refractivity contribution in [1.82, 2.24) is 24.6 Å². The first-order valence-corrected chi connectivity index (χ1v) is 9.82. The van der Waals surface area contributed by atoms with E-state index in [4.69, 9.17) is 0 Å². The first-order valence-electron chi connectivity index (χ1n) is 8.94. The van der Waals surface area contributed by atoms with Gasteiger partial charge in [0.2, 0.25) is 5.82 Å². The van der Waals surface area contributed by atoms with Crippen LogP contribution in [-0.2, 0) is 0 Å². The Morgan fingerprint density at radius 2 is 2.00 bits per heavy atom. The molecule has 140 valence electrons.